The van der Waals surface area contributed by atoms with Gasteiger partial charge in [0.1, 0.15) is 18.0 Å². The maximum absolute atomic E-state index is 14.8. The smallest absolute Gasteiger partial charge is 0.263 e. The van der Waals surface area contributed by atoms with Crippen LogP contribution in [0.1, 0.15) is 17.5 Å². The van der Waals surface area contributed by atoms with Crippen molar-refractivity contribution >= 4 is 16.6 Å². The Morgan fingerprint density at radius 3 is 2.79 bits per heavy atom. The third-order valence-electron chi connectivity index (χ3n) is 5.55. The first kappa shape index (κ1) is 17.7. The first-order chi connectivity index (χ1) is 14.1. The molecule has 0 fully saturated rings. The van der Waals surface area contributed by atoms with Gasteiger partial charge in [0.2, 0.25) is 0 Å². The van der Waals surface area contributed by atoms with Gasteiger partial charge in [-0.3, -0.25) is 9.36 Å². The quantitative estimate of drug-likeness (QED) is 0.629. The summed E-state index contributed by atoms with van der Waals surface area (Å²) in [6.45, 7) is -0.238. The molecule has 2 aliphatic carbocycles. The molecule has 0 aliphatic heterocycles. The molecule has 144 valence electrons. The van der Waals surface area contributed by atoms with Gasteiger partial charge in [0.25, 0.3) is 5.56 Å². The summed E-state index contributed by atoms with van der Waals surface area (Å²) >= 11 is 0. The highest BCUT2D eigenvalue weighted by Gasteiger charge is 2.23. The SMILES string of the molecule is O=c1c2cccnc2ncn1Cc1c(F)cc(C2=CC3CC=CC3C=C2)cc1F. The van der Waals surface area contributed by atoms with Gasteiger partial charge in [0, 0.05) is 17.7 Å². The van der Waals surface area contributed by atoms with E-state index in [2.05, 4.69) is 34.3 Å². The average molecular weight is 389 g/mol. The van der Waals surface area contributed by atoms with Crippen LogP contribution in [0.15, 0.2) is 72.0 Å². The van der Waals surface area contributed by atoms with Gasteiger partial charge in [0.05, 0.1) is 11.9 Å². The summed E-state index contributed by atoms with van der Waals surface area (Å²) in [5.41, 5.74) is 1.07. The topological polar surface area (TPSA) is 47.8 Å². The Bertz CT molecular complexity index is 1250. The Hall–Kier alpha value is -3.41. The van der Waals surface area contributed by atoms with Gasteiger partial charge in [-0.15, -0.1) is 0 Å². The molecule has 29 heavy (non-hydrogen) atoms. The van der Waals surface area contributed by atoms with E-state index in [0.29, 0.717) is 28.4 Å². The molecule has 2 atom stereocenters. The van der Waals surface area contributed by atoms with Gasteiger partial charge in [-0.1, -0.05) is 30.4 Å². The number of benzene rings is 1. The minimum absolute atomic E-state index is 0.165. The zero-order chi connectivity index (χ0) is 20.0. The highest BCUT2D eigenvalue weighted by Crippen LogP contribution is 2.35. The van der Waals surface area contributed by atoms with E-state index in [1.807, 2.05) is 6.08 Å². The zero-order valence-electron chi connectivity index (χ0n) is 15.4. The summed E-state index contributed by atoms with van der Waals surface area (Å²) < 4.78 is 30.8. The van der Waals surface area contributed by atoms with Crippen LogP contribution in [0.25, 0.3) is 16.6 Å². The van der Waals surface area contributed by atoms with Crippen LogP contribution in [0.4, 0.5) is 8.78 Å². The average Bonchev–Trinajstić information content (AvgIpc) is 3.20. The number of nitrogens with zero attached hydrogens (tertiary/aromatic N) is 3. The molecule has 4 nitrogen and oxygen atoms in total. The van der Waals surface area contributed by atoms with Gasteiger partial charge in [-0.2, -0.15) is 0 Å². The van der Waals surface area contributed by atoms with E-state index >= 15 is 0 Å². The fraction of sp³-hybridized carbons (Fsp3) is 0.174. The van der Waals surface area contributed by atoms with Crippen molar-refractivity contribution in [1.82, 2.24) is 14.5 Å². The van der Waals surface area contributed by atoms with Crippen molar-refractivity contribution in [2.45, 2.75) is 13.0 Å². The number of hydrogen-bond acceptors (Lipinski definition) is 3. The second kappa shape index (κ2) is 6.88. The highest BCUT2D eigenvalue weighted by atomic mass is 19.1. The fourth-order valence-electron chi connectivity index (χ4n) is 3.97. The van der Waals surface area contributed by atoms with Gasteiger partial charge in [0.15, 0.2) is 5.65 Å². The number of allylic oxidation sites excluding steroid dienone is 6. The maximum atomic E-state index is 14.8. The van der Waals surface area contributed by atoms with E-state index in [0.717, 1.165) is 12.0 Å². The second-order valence-electron chi connectivity index (χ2n) is 7.36. The minimum Gasteiger partial charge on any atom is -0.294 e. The van der Waals surface area contributed by atoms with Crippen LogP contribution in [-0.4, -0.2) is 14.5 Å². The molecule has 2 unspecified atom stereocenters. The Labute approximate surface area is 165 Å². The van der Waals surface area contributed by atoms with Crippen LogP contribution in [0.5, 0.6) is 0 Å². The van der Waals surface area contributed by atoms with Crippen LogP contribution < -0.4 is 5.56 Å². The Morgan fingerprint density at radius 1 is 1.14 bits per heavy atom. The summed E-state index contributed by atoms with van der Waals surface area (Å²) in [5, 5.41) is 0.310. The van der Waals surface area contributed by atoms with Crippen LogP contribution in [-0.2, 0) is 6.54 Å². The number of fused-ring (bicyclic) bond motifs is 2. The lowest BCUT2D eigenvalue weighted by molar-refractivity contribution is 0.540. The highest BCUT2D eigenvalue weighted by molar-refractivity contribution is 5.76. The summed E-state index contributed by atoms with van der Waals surface area (Å²) in [6.07, 6.45) is 14.1. The molecule has 0 N–H and O–H groups in total. The second-order valence-corrected chi connectivity index (χ2v) is 7.36. The van der Waals surface area contributed by atoms with Crippen LogP contribution in [0.2, 0.25) is 0 Å². The van der Waals surface area contributed by atoms with Crippen molar-refractivity contribution in [1.29, 1.82) is 0 Å². The Balaban J connectivity index is 1.49. The summed E-state index contributed by atoms with van der Waals surface area (Å²) in [5.74, 6) is -0.649. The lowest BCUT2D eigenvalue weighted by atomic mass is 9.86. The largest absolute Gasteiger partial charge is 0.294 e. The van der Waals surface area contributed by atoms with E-state index in [4.69, 9.17) is 0 Å². The van der Waals surface area contributed by atoms with Crippen molar-refractivity contribution in [3.63, 3.8) is 0 Å². The van der Waals surface area contributed by atoms with Gasteiger partial charge >= 0.3 is 0 Å². The van der Waals surface area contributed by atoms with E-state index in [9.17, 15) is 13.6 Å². The number of rotatable bonds is 3. The van der Waals surface area contributed by atoms with Crippen molar-refractivity contribution in [3.8, 4) is 0 Å². The van der Waals surface area contributed by atoms with E-state index in [1.54, 1.807) is 12.1 Å². The number of halogens is 2. The molecular formula is C23H17F2N3O. The zero-order valence-corrected chi connectivity index (χ0v) is 15.4. The first-order valence-corrected chi connectivity index (χ1v) is 9.45. The predicted molar refractivity (Wildman–Crippen MR) is 107 cm³/mol. The third kappa shape index (κ3) is 3.10. The lowest BCUT2D eigenvalue weighted by Crippen LogP contribution is -2.22. The standard InChI is InChI=1S/C23H17F2N3O/c24-20-10-17(16-7-6-14-3-1-4-15(14)9-16)11-21(25)19(20)12-28-13-27-22-18(23(28)29)5-2-8-26-22/h1-3,5-11,13-15H,4,12H2. The molecule has 2 aromatic heterocycles. The first-order valence-electron chi connectivity index (χ1n) is 9.45. The van der Waals surface area contributed by atoms with Crippen molar-refractivity contribution in [2.24, 2.45) is 11.8 Å². The predicted octanol–water partition coefficient (Wildman–Crippen LogP) is 4.26. The van der Waals surface area contributed by atoms with Crippen molar-refractivity contribution in [3.05, 3.63) is 100 Å². The monoisotopic (exact) mass is 389 g/mol. The third-order valence-corrected chi connectivity index (χ3v) is 5.55. The minimum atomic E-state index is -0.681. The molecular weight excluding hydrogens is 372 g/mol. The van der Waals surface area contributed by atoms with E-state index in [1.165, 1.54) is 29.2 Å². The molecule has 2 heterocycles. The molecule has 6 heteroatoms. The molecule has 0 radical (unpaired) electrons. The van der Waals surface area contributed by atoms with Gasteiger partial charge in [-0.05, 0) is 47.7 Å². The number of pyridine rings is 1. The molecule has 5 rings (SSSR count). The van der Waals surface area contributed by atoms with Crippen LogP contribution in [0.3, 0.4) is 0 Å². The molecule has 2 aliphatic rings. The van der Waals surface area contributed by atoms with Crippen LogP contribution >= 0.6 is 0 Å². The summed E-state index contributed by atoms with van der Waals surface area (Å²) in [7, 11) is 0. The Kier molecular flexibility index (Phi) is 4.19. The summed E-state index contributed by atoms with van der Waals surface area (Å²) in [6, 6.07) is 5.88. The molecule has 0 spiro atoms. The molecule has 0 amide bonds. The number of aromatic nitrogens is 3. The van der Waals surface area contributed by atoms with E-state index < -0.39 is 11.6 Å². The van der Waals surface area contributed by atoms with E-state index in [-0.39, 0.29) is 17.7 Å². The molecule has 3 aromatic rings. The molecule has 0 saturated heterocycles. The lowest BCUT2D eigenvalue weighted by Gasteiger charge is -2.19. The van der Waals surface area contributed by atoms with Crippen molar-refractivity contribution < 1.29 is 8.78 Å². The fourth-order valence-corrected chi connectivity index (χ4v) is 3.97. The van der Waals surface area contributed by atoms with Gasteiger partial charge in [-0.25, -0.2) is 18.7 Å². The van der Waals surface area contributed by atoms with Gasteiger partial charge < -0.3 is 0 Å². The Morgan fingerprint density at radius 2 is 1.97 bits per heavy atom. The van der Waals surface area contributed by atoms with Crippen molar-refractivity contribution in [2.75, 3.05) is 0 Å². The molecule has 0 saturated carbocycles. The summed E-state index contributed by atoms with van der Waals surface area (Å²) in [4.78, 5) is 20.7. The maximum Gasteiger partial charge on any atom is 0.263 e. The normalized spacial score (nSPS) is 20.1. The molecule has 0 bridgehead atoms. The molecule has 1 aromatic carbocycles. The van der Waals surface area contributed by atoms with Crippen LogP contribution in [0, 0.1) is 23.5 Å². The number of hydrogen-bond donors (Lipinski definition) is 0.